The van der Waals surface area contributed by atoms with Crippen LogP contribution in [-0.2, 0) is 0 Å². The minimum Gasteiger partial charge on any atom is -0.504 e. The quantitative estimate of drug-likeness (QED) is 0.594. The summed E-state index contributed by atoms with van der Waals surface area (Å²) in [6.45, 7) is 4.07. The van der Waals surface area contributed by atoms with Crippen molar-refractivity contribution in [1.82, 2.24) is 5.32 Å². The van der Waals surface area contributed by atoms with Crippen molar-refractivity contribution in [2.45, 2.75) is 26.4 Å². The third kappa shape index (κ3) is 3.92. The molecule has 0 aromatic heterocycles. The summed E-state index contributed by atoms with van der Waals surface area (Å²) in [7, 11) is 0. The minimum absolute atomic E-state index is 0.00764. The number of aliphatic hydroxyl groups is 1. The first-order chi connectivity index (χ1) is 8.41. The Hall–Kier alpha value is -1.75. The predicted octanol–water partition coefficient (Wildman–Crippen LogP) is 1.23. The van der Waals surface area contributed by atoms with Gasteiger partial charge in [0.2, 0.25) is 0 Å². The van der Waals surface area contributed by atoms with E-state index in [1.807, 2.05) is 13.8 Å². The summed E-state index contributed by atoms with van der Waals surface area (Å²) in [5.74, 6) is -0.976. The van der Waals surface area contributed by atoms with Crippen LogP contribution in [0.5, 0.6) is 11.5 Å². The van der Waals surface area contributed by atoms with Crippen molar-refractivity contribution in [2.24, 2.45) is 5.92 Å². The Morgan fingerprint density at radius 2 is 2.00 bits per heavy atom. The Balaban J connectivity index is 2.58. The van der Waals surface area contributed by atoms with Crippen molar-refractivity contribution in [3.05, 3.63) is 23.8 Å². The highest BCUT2D eigenvalue weighted by Gasteiger charge is 2.15. The second-order valence-corrected chi connectivity index (χ2v) is 4.67. The largest absolute Gasteiger partial charge is 0.504 e. The van der Waals surface area contributed by atoms with Crippen molar-refractivity contribution in [3.63, 3.8) is 0 Å². The SMILES string of the molecule is CC(C)CC(O)CNC(=O)c1cccc(O)c1O. The highest BCUT2D eigenvalue weighted by Crippen LogP contribution is 2.27. The first-order valence-corrected chi connectivity index (χ1v) is 5.89. The van der Waals surface area contributed by atoms with Crippen molar-refractivity contribution in [3.8, 4) is 11.5 Å². The fourth-order valence-corrected chi connectivity index (χ4v) is 1.65. The maximum Gasteiger partial charge on any atom is 0.255 e. The standard InChI is InChI=1S/C13H19NO4/c1-8(2)6-9(15)7-14-13(18)10-4-3-5-11(16)12(10)17/h3-5,8-9,15-17H,6-7H2,1-2H3,(H,14,18). The van der Waals surface area contributed by atoms with E-state index in [0.717, 1.165) is 0 Å². The number of phenolic OH excluding ortho intramolecular Hbond substituents is 2. The number of amides is 1. The molecule has 5 nitrogen and oxygen atoms in total. The van der Waals surface area contributed by atoms with Crippen molar-refractivity contribution < 1.29 is 20.1 Å². The average Bonchev–Trinajstić information content (AvgIpc) is 2.29. The molecule has 1 aromatic rings. The normalized spacial score (nSPS) is 12.4. The van der Waals surface area contributed by atoms with Gasteiger partial charge in [0.05, 0.1) is 11.7 Å². The monoisotopic (exact) mass is 253 g/mol. The Kier molecular flexibility index (Phi) is 4.97. The number of rotatable bonds is 5. The molecule has 1 amide bonds. The number of phenols is 2. The first-order valence-electron chi connectivity index (χ1n) is 5.89. The molecule has 4 N–H and O–H groups in total. The predicted molar refractivity (Wildman–Crippen MR) is 67.6 cm³/mol. The van der Waals surface area contributed by atoms with Crippen molar-refractivity contribution in [1.29, 1.82) is 0 Å². The molecular formula is C13H19NO4. The van der Waals surface area contributed by atoms with Crippen molar-refractivity contribution in [2.75, 3.05) is 6.54 Å². The molecular weight excluding hydrogens is 234 g/mol. The van der Waals surface area contributed by atoms with Gasteiger partial charge in [0.25, 0.3) is 5.91 Å². The lowest BCUT2D eigenvalue weighted by atomic mass is 10.1. The average molecular weight is 253 g/mol. The van der Waals surface area contributed by atoms with E-state index in [1.165, 1.54) is 18.2 Å². The van der Waals surface area contributed by atoms with Crippen LogP contribution in [0.25, 0.3) is 0 Å². The number of aliphatic hydroxyl groups excluding tert-OH is 1. The molecule has 1 atom stereocenters. The first kappa shape index (κ1) is 14.3. The number of carbonyl (C=O) groups excluding carboxylic acids is 1. The minimum atomic E-state index is -0.617. The summed E-state index contributed by atoms with van der Waals surface area (Å²) in [4.78, 5) is 11.7. The van der Waals surface area contributed by atoms with Gasteiger partial charge in [-0.1, -0.05) is 19.9 Å². The molecule has 0 aliphatic heterocycles. The van der Waals surface area contributed by atoms with Gasteiger partial charge < -0.3 is 20.6 Å². The molecule has 0 spiro atoms. The Bertz CT molecular complexity index is 417. The molecule has 0 fully saturated rings. The fraction of sp³-hybridized carbons (Fsp3) is 0.462. The molecule has 1 unspecified atom stereocenters. The summed E-state index contributed by atoms with van der Waals surface area (Å²) in [6.07, 6.45) is -0.0276. The molecule has 100 valence electrons. The van der Waals surface area contributed by atoms with Crippen LogP contribution in [-0.4, -0.2) is 33.9 Å². The van der Waals surface area contributed by atoms with Gasteiger partial charge in [0, 0.05) is 6.54 Å². The van der Waals surface area contributed by atoms with Gasteiger partial charge in [0.1, 0.15) is 0 Å². The molecule has 0 radical (unpaired) electrons. The lowest BCUT2D eigenvalue weighted by Crippen LogP contribution is -2.32. The van der Waals surface area contributed by atoms with E-state index in [2.05, 4.69) is 5.32 Å². The van der Waals surface area contributed by atoms with Gasteiger partial charge in [0.15, 0.2) is 11.5 Å². The van der Waals surface area contributed by atoms with Crippen LogP contribution in [0.15, 0.2) is 18.2 Å². The summed E-state index contributed by atoms with van der Waals surface area (Å²) in [6, 6.07) is 4.16. The lowest BCUT2D eigenvalue weighted by Gasteiger charge is -2.14. The van der Waals surface area contributed by atoms with Crippen LogP contribution in [0.3, 0.4) is 0 Å². The van der Waals surface area contributed by atoms with E-state index < -0.39 is 17.8 Å². The van der Waals surface area contributed by atoms with E-state index >= 15 is 0 Å². The maximum absolute atomic E-state index is 11.7. The van der Waals surface area contributed by atoms with Gasteiger partial charge in [-0.15, -0.1) is 0 Å². The van der Waals surface area contributed by atoms with Gasteiger partial charge in [-0.2, -0.15) is 0 Å². The van der Waals surface area contributed by atoms with E-state index in [-0.39, 0.29) is 17.9 Å². The van der Waals surface area contributed by atoms with Crippen LogP contribution in [0.2, 0.25) is 0 Å². The highest BCUT2D eigenvalue weighted by molar-refractivity contribution is 5.97. The molecule has 0 heterocycles. The van der Waals surface area contributed by atoms with Crippen LogP contribution in [0.1, 0.15) is 30.6 Å². The van der Waals surface area contributed by atoms with Crippen LogP contribution >= 0.6 is 0 Å². The number of nitrogens with one attached hydrogen (secondary N) is 1. The summed E-state index contributed by atoms with van der Waals surface area (Å²) in [5.41, 5.74) is -0.00764. The second kappa shape index (κ2) is 6.26. The van der Waals surface area contributed by atoms with E-state index in [0.29, 0.717) is 12.3 Å². The zero-order valence-electron chi connectivity index (χ0n) is 10.6. The number of hydrogen-bond acceptors (Lipinski definition) is 4. The second-order valence-electron chi connectivity index (χ2n) is 4.67. The fourth-order valence-electron chi connectivity index (χ4n) is 1.65. The van der Waals surface area contributed by atoms with Crippen LogP contribution < -0.4 is 5.32 Å². The Labute approximate surface area is 106 Å². The zero-order valence-corrected chi connectivity index (χ0v) is 10.6. The van der Waals surface area contributed by atoms with Crippen LogP contribution in [0.4, 0.5) is 0 Å². The Morgan fingerprint density at radius 3 is 2.61 bits per heavy atom. The van der Waals surface area contributed by atoms with Gasteiger partial charge in [-0.05, 0) is 24.5 Å². The Morgan fingerprint density at radius 1 is 1.33 bits per heavy atom. The number of aromatic hydroxyl groups is 2. The molecule has 1 aromatic carbocycles. The van der Waals surface area contributed by atoms with Gasteiger partial charge in [-0.3, -0.25) is 4.79 Å². The molecule has 1 rings (SSSR count). The molecule has 0 bridgehead atoms. The molecule has 0 aliphatic carbocycles. The van der Waals surface area contributed by atoms with E-state index in [9.17, 15) is 20.1 Å². The highest BCUT2D eigenvalue weighted by atomic mass is 16.3. The number of carbonyl (C=O) groups is 1. The molecule has 5 heteroatoms. The molecule has 0 aliphatic rings. The van der Waals surface area contributed by atoms with E-state index in [1.54, 1.807) is 0 Å². The number of hydrogen-bond donors (Lipinski definition) is 4. The maximum atomic E-state index is 11.7. The third-order valence-electron chi connectivity index (χ3n) is 2.50. The summed E-state index contributed by atoms with van der Waals surface area (Å²) in [5, 5.41) is 30.9. The summed E-state index contributed by atoms with van der Waals surface area (Å²) < 4.78 is 0. The van der Waals surface area contributed by atoms with Crippen molar-refractivity contribution >= 4 is 5.91 Å². The van der Waals surface area contributed by atoms with E-state index in [4.69, 9.17) is 0 Å². The van der Waals surface area contributed by atoms with Gasteiger partial charge >= 0.3 is 0 Å². The topological polar surface area (TPSA) is 89.8 Å². The number of benzene rings is 1. The van der Waals surface area contributed by atoms with Gasteiger partial charge in [-0.25, -0.2) is 0 Å². The molecule has 18 heavy (non-hydrogen) atoms. The smallest absolute Gasteiger partial charge is 0.255 e. The third-order valence-corrected chi connectivity index (χ3v) is 2.50. The molecule has 0 saturated carbocycles. The number of para-hydroxylation sites is 1. The summed E-state index contributed by atoms with van der Waals surface area (Å²) >= 11 is 0. The molecule has 0 saturated heterocycles. The van der Waals surface area contributed by atoms with Crippen LogP contribution in [0, 0.1) is 5.92 Å². The lowest BCUT2D eigenvalue weighted by molar-refractivity contribution is 0.0897. The zero-order chi connectivity index (χ0) is 13.7.